The molecule has 0 bridgehead atoms. The van der Waals surface area contributed by atoms with Crippen molar-refractivity contribution in [3.8, 4) is 5.75 Å². The van der Waals surface area contributed by atoms with E-state index < -0.39 is 10.0 Å². The van der Waals surface area contributed by atoms with Gasteiger partial charge >= 0.3 is 0 Å². The topological polar surface area (TPSA) is 102 Å². The van der Waals surface area contributed by atoms with Crippen molar-refractivity contribution in [3.05, 3.63) is 48.0 Å². The van der Waals surface area contributed by atoms with Gasteiger partial charge in [0, 0.05) is 18.6 Å². The number of sulfonamides is 1. The minimum Gasteiger partial charge on any atom is -0.495 e. The van der Waals surface area contributed by atoms with E-state index in [0.29, 0.717) is 5.69 Å². The fourth-order valence-corrected chi connectivity index (χ4v) is 3.31. The summed E-state index contributed by atoms with van der Waals surface area (Å²) in [5, 5.41) is 2.55. The van der Waals surface area contributed by atoms with Crippen LogP contribution in [0, 0.1) is 0 Å². The molecule has 0 fully saturated rings. The van der Waals surface area contributed by atoms with Crippen LogP contribution in [-0.2, 0) is 14.8 Å². The van der Waals surface area contributed by atoms with Gasteiger partial charge in [-0.1, -0.05) is 12.1 Å². The number of carbonyl (C=O) groups excluding carboxylic acids is 2. The number of ketones is 1. The van der Waals surface area contributed by atoms with Gasteiger partial charge in [-0.2, -0.15) is 0 Å². The molecule has 0 radical (unpaired) electrons. The number of hydrogen-bond acceptors (Lipinski definition) is 5. The smallest absolute Gasteiger partial charge is 0.262 e. The van der Waals surface area contributed by atoms with E-state index in [1.54, 1.807) is 18.2 Å². The number of methoxy groups -OCH3 is 1. The molecule has 0 saturated heterocycles. The van der Waals surface area contributed by atoms with Crippen LogP contribution < -0.4 is 14.8 Å². The number of hydrogen-bond donors (Lipinski definition) is 2. The molecule has 0 atom stereocenters. The minimum atomic E-state index is -3.94. The summed E-state index contributed by atoms with van der Waals surface area (Å²) in [6.07, 6.45) is 0. The quantitative estimate of drug-likeness (QED) is 0.769. The molecule has 25 heavy (non-hydrogen) atoms. The Bertz CT molecular complexity index is 922. The molecule has 2 aromatic carbocycles. The van der Waals surface area contributed by atoms with E-state index >= 15 is 0 Å². The molecule has 0 spiro atoms. The van der Waals surface area contributed by atoms with Crippen LogP contribution in [0.15, 0.2) is 47.4 Å². The average Bonchev–Trinajstić information content (AvgIpc) is 2.54. The van der Waals surface area contributed by atoms with Crippen LogP contribution in [0.4, 0.5) is 11.4 Å². The lowest BCUT2D eigenvalue weighted by molar-refractivity contribution is -0.114. The summed E-state index contributed by atoms with van der Waals surface area (Å²) in [5.74, 6) is -0.350. The minimum absolute atomic E-state index is 0.0585. The molecule has 7 nitrogen and oxygen atoms in total. The third kappa shape index (κ3) is 4.36. The SMILES string of the molecule is COc1cc(S(=O)(=O)Nc2ccccc2C(C)=O)ccc1NC(C)=O. The van der Waals surface area contributed by atoms with Crippen LogP contribution in [0.3, 0.4) is 0 Å². The van der Waals surface area contributed by atoms with E-state index in [4.69, 9.17) is 4.74 Å². The standard InChI is InChI=1S/C17H18N2O5S/c1-11(20)14-6-4-5-7-15(14)19-25(22,23)13-8-9-16(18-12(2)21)17(10-13)24-3/h4-10,19H,1-3H3,(H,18,21). The first-order valence-corrected chi connectivity index (χ1v) is 8.81. The van der Waals surface area contributed by atoms with Gasteiger partial charge in [0.15, 0.2) is 5.78 Å². The van der Waals surface area contributed by atoms with Crippen molar-refractivity contribution in [1.29, 1.82) is 0 Å². The molecule has 0 aromatic heterocycles. The van der Waals surface area contributed by atoms with Crippen LogP contribution in [0.25, 0.3) is 0 Å². The Hall–Kier alpha value is -2.87. The predicted molar refractivity (Wildman–Crippen MR) is 94.6 cm³/mol. The van der Waals surface area contributed by atoms with Crippen LogP contribution >= 0.6 is 0 Å². The summed E-state index contributed by atoms with van der Waals surface area (Å²) in [5.41, 5.74) is 0.825. The molecule has 1 amide bonds. The lowest BCUT2D eigenvalue weighted by Crippen LogP contribution is -2.15. The van der Waals surface area contributed by atoms with Crippen LogP contribution in [0.1, 0.15) is 24.2 Å². The number of rotatable bonds is 6. The van der Waals surface area contributed by atoms with E-state index in [1.165, 1.54) is 45.2 Å². The van der Waals surface area contributed by atoms with Crippen molar-refractivity contribution >= 4 is 33.1 Å². The first-order chi connectivity index (χ1) is 11.7. The highest BCUT2D eigenvalue weighted by atomic mass is 32.2. The highest BCUT2D eigenvalue weighted by molar-refractivity contribution is 7.92. The number of amides is 1. The number of anilines is 2. The maximum absolute atomic E-state index is 12.6. The zero-order valence-corrected chi connectivity index (χ0v) is 14.8. The van der Waals surface area contributed by atoms with E-state index in [-0.39, 0.29) is 33.6 Å². The number of Topliss-reactive ketones (excluding diaryl/α,β-unsaturated/α-hetero) is 1. The third-order valence-electron chi connectivity index (χ3n) is 3.34. The molecule has 0 aliphatic rings. The molecule has 0 aliphatic heterocycles. The Morgan fingerprint density at radius 3 is 2.28 bits per heavy atom. The second-order valence-electron chi connectivity index (χ2n) is 5.25. The van der Waals surface area contributed by atoms with Gasteiger partial charge in [0.1, 0.15) is 5.75 Å². The zero-order chi connectivity index (χ0) is 18.6. The normalized spacial score (nSPS) is 10.8. The largest absolute Gasteiger partial charge is 0.495 e. The van der Waals surface area contributed by atoms with Gasteiger partial charge in [-0.05, 0) is 31.2 Å². The second kappa shape index (κ2) is 7.35. The Kier molecular flexibility index (Phi) is 5.43. The van der Waals surface area contributed by atoms with Gasteiger partial charge in [0.05, 0.1) is 23.4 Å². The van der Waals surface area contributed by atoms with Crippen molar-refractivity contribution in [2.24, 2.45) is 0 Å². The number of para-hydroxylation sites is 1. The molecule has 8 heteroatoms. The molecule has 2 aromatic rings. The Morgan fingerprint density at radius 2 is 1.68 bits per heavy atom. The van der Waals surface area contributed by atoms with Gasteiger partial charge in [-0.3, -0.25) is 14.3 Å². The number of benzene rings is 2. The van der Waals surface area contributed by atoms with E-state index in [1.807, 2.05) is 0 Å². The number of ether oxygens (including phenoxy) is 1. The number of nitrogens with one attached hydrogen (secondary N) is 2. The van der Waals surface area contributed by atoms with Crippen molar-refractivity contribution < 1.29 is 22.7 Å². The van der Waals surface area contributed by atoms with Gasteiger partial charge in [0.2, 0.25) is 5.91 Å². The molecule has 2 rings (SSSR count). The van der Waals surface area contributed by atoms with E-state index in [9.17, 15) is 18.0 Å². The Morgan fingerprint density at radius 1 is 1.00 bits per heavy atom. The van der Waals surface area contributed by atoms with Crippen molar-refractivity contribution in [2.75, 3.05) is 17.1 Å². The predicted octanol–water partition coefficient (Wildman–Crippen LogP) is 2.66. The van der Waals surface area contributed by atoms with Crippen molar-refractivity contribution in [2.45, 2.75) is 18.7 Å². The van der Waals surface area contributed by atoms with Crippen LogP contribution in [0.5, 0.6) is 5.75 Å². The monoisotopic (exact) mass is 362 g/mol. The number of carbonyl (C=O) groups is 2. The second-order valence-corrected chi connectivity index (χ2v) is 6.93. The van der Waals surface area contributed by atoms with E-state index in [2.05, 4.69) is 10.0 Å². The summed E-state index contributed by atoms with van der Waals surface area (Å²) < 4.78 is 32.8. The maximum atomic E-state index is 12.6. The molecule has 2 N–H and O–H groups in total. The summed E-state index contributed by atoms with van der Waals surface area (Å²) in [7, 11) is -2.57. The fourth-order valence-electron chi connectivity index (χ4n) is 2.21. The first kappa shape index (κ1) is 18.5. The lowest BCUT2D eigenvalue weighted by Gasteiger charge is -2.14. The molecular weight excluding hydrogens is 344 g/mol. The maximum Gasteiger partial charge on any atom is 0.262 e. The highest BCUT2D eigenvalue weighted by Gasteiger charge is 2.19. The van der Waals surface area contributed by atoms with E-state index in [0.717, 1.165) is 0 Å². The van der Waals surface area contributed by atoms with Gasteiger partial charge in [0.25, 0.3) is 10.0 Å². The first-order valence-electron chi connectivity index (χ1n) is 7.33. The van der Waals surface area contributed by atoms with Crippen LogP contribution in [0.2, 0.25) is 0 Å². The third-order valence-corrected chi connectivity index (χ3v) is 4.71. The Balaban J connectivity index is 2.40. The van der Waals surface area contributed by atoms with Gasteiger partial charge in [-0.25, -0.2) is 8.42 Å². The summed E-state index contributed by atoms with van der Waals surface area (Å²) in [4.78, 5) is 22.8. The summed E-state index contributed by atoms with van der Waals surface area (Å²) in [6, 6.07) is 10.4. The van der Waals surface area contributed by atoms with Crippen molar-refractivity contribution in [3.63, 3.8) is 0 Å². The lowest BCUT2D eigenvalue weighted by atomic mass is 10.1. The summed E-state index contributed by atoms with van der Waals surface area (Å²) >= 11 is 0. The van der Waals surface area contributed by atoms with Gasteiger partial charge in [-0.15, -0.1) is 0 Å². The zero-order valence-electron chi connectivity index (χ0n) is 14.0. The Labute approximate surface area is 146 Å². The van der Waals surface area contributed by atoms with Crippen molar-refractivity contribution in [1.82, 2.24) is 0 Å². The summed E-state index contributed by atoms with van der Waals surface area (Å²) in [6.45, 7) is 2.70. The molecule has 0 saturated carbocycles. The fraction of sp³-hybridized carbons (Fsp3) is 0.176. The molecule has 0 unspecified atom stereocenters. The van der Waals surface area contributed by atoms with Crippen LogP contribution in [-0.4, -0.2) is 27.2 Å². The highest BCUT2D eigenvalue weighted by Crippen LogP contribution is 2.29. The molecular formula is C17H18N2O5S. The molecule has 0 aliphatic carbocycles. The molecule has 132 valence electrons. The average molecular weight is 362 g/mol. The molecule has 0 heterocycles. The van der Waals surface area contributed by atoms with Gasteiger partial charge < -0.3 is 10.1 Å².